The van der Waals surface area contributed by atoms with Gasteiger partial charge in [0.15, 0.2) is 5.13 Å². The van der Waals surface area contributed by atoms with E-state index in [-0.39, 0.29) is 0 Å². The van der Waals surface area contributed by atoms with Gasteiger partial charge in [-0.3, -0.25) is 4.90 Å². The Bertz CT molecular complexity index is 376. The molecule has 2 aliphatic heterocycles. The summed E-state index contributed by atoms with van der Waals surface area (Å²) < 4.78 is 0.971. The SMILES string of the molecule is Brc1csc(N2CCC(N3CCCCC3)C2)n1. The highest BCUT2D eigenvalue weighted by molar-refractivity contribution is 9.10. The van der Waals surface area contributed by atoms with Crippen LogP contribution in [0.1, 0.15) is 25.7 Å². The van der Waals surface area contributed by atoms with Crippen molar-refractivity contribution in [1.82, 2.24) is 9.88 Å². The average Bonchev–Trinajstić information content (AvgIpc) is 2.98. The molecule has 0 bridgehead atoms. The second kappa shape index (κ2) is 5.24. The normalized spacial score (nSPS) is 26.6. The van der Waals surface area contributed by atoms with E-state index in [1.165, 1.54) is 57.0 Å². The molecule has 1 aromatic rings. The Morgan fingerprint density at radius 1 is 1.24 bits per heavy atom. The highest BCUT2D eigenvalue weighted by Gasteiger charge is 2.29. The van der Waals surface area contributed by atoms with Gasteiger partial charge in [0.05, 0.1) is 0 Å². The Labute approximate surface area is 115 Å². The number of aromatic nitrogens is 1. The van der Waals surface area contributed by atoms with Crippen LogP contribution in [0.5, 0.6) is 0 Å². The molecule has 2 saturated heterocycles. The lowest BCUT2D eigenvalue weighted by Crippen LogP contribution is -2.40. The van der Waals surface area contributed by atoms with Crippen LogP contribution in [-0.2, 0) is 0 Å². The van der Waals surface area contributed by atoms with Crippen LogP contribution in [0.15, 0.2) is 9.98 Å². The molecule has 0 aliphatic carbocycles. The maximum Gasteiger partial charge on any atom is 0.186 e. The van der Waals surface area contributed by atoms with E-state index < -0.39 is 0 Å². The standard InChI is InChI=1S/C12H18BrN3S/c13-11-9-17-12(14-11)16-7-4-10(8-16)15-5-2-1-3-6-15/h9-10H,1-8H2. The third-order valence-corrected chi connectivity index (χ3v) is 5.42. The van der Waals surface area contributed by atoms with Crippen molar-refractivity contribution in [2.75, 3.05) is 31.1 Å². The van der Waals surface area contributed by atoms with Crippen molar-refractivity contribution in [3.05, 3.63) is 9.98 Å². The molecule has 0 spiro atoms. The number of hydrogen-bond donors (Lipinski definition) is 0. The van der Waals surface area contributed by atoms with Crippen LogP contribution in [0, 0.1) is 0 Å². The molecule has 0 radical (unpaired) electrons. The summed E-state index contributed by atoms with van der Waals surface area (Å²) in [5, 5.41) is 3.25. The number of anilines is 1. The van der Waals surface area contributed by atoms with Crippen molar-refractivity contribution in [3.63, 3.8) is 0 Å². The van der Waals surface area contributed by atoms with Gasteiger partial charge in [-0.15, -0.1) is 11.3 Å². The Morgan fingerprint density at radius 3 is 2.76 bits per heavy atom. The topological polar surface area (TPSA) is 19.4 Å². The van der Waals surface area contributed by atoms with Crippen LogP contribution in [0.3, 0.4) is 0 Å². The zero-order valence-corrected chi connectivity index (χ0v) is 12.3. The second-order valence-corrected chi connectivity index (χ2v) is 6.59. The predicted molar refractivity (Wildman–Crippen MR) is 75.9 cm³/mol. The first-order chi connectivity index (χ1) is 8.33. The Balaban J connectivity index is 1.61. The van der Waals surface area contributed by atoms with Crippen LogP contribution in [0.2, 0.25) is 0 Å². The zero-order chi connectivity index (χ0) is 11.7. The Morgan fingerprint density at radius 2 is 2.06 bits per heavy atom. The van der Waals surface area contributed by atoms with Gasteiger partial charge in [0.2, 0.25) is 0 Å². The lowest BCUT2D eigenvalue weighted by molar-refractivity contribution is 0.175. The molecule has 94 valence electrons. The van der Waals surface area contributed by atoms with Crippen LogP contribution in [0.4, 0.5) is 5.13 Å². The molecule has 0 N–H and O–H groups in total. The number of likely N-dealkylation sites (tertiary alicyclic amines) is 1. The summed E-state index contributed by atoms with van der Waals surface area (Å²) in [4.78, 5) is 9.64. The molecule has 3 rings (SSSR count). The average molecular weight is 316 g/mol. The predicted octanol–water partition coefficient (Wildman–Crippen LogP) is 2.97. The molecule has 17 heavy (non-hydrogen) atoms. The zero-order valence-electron chi connectivity index (χ0n) is 9.94. The van der Waals surface area contributed by atoms with Crippen LogP contribution >= 0.6 is 27.3 Å². The minimum absolute atomic E-state index is 0.762. The molecular weight excluding hydrogens is 298 g/mol. The molecular formula is C12H18BrN3S. The molecule has 5 heteroatoms. The minimum atomic E-state index is 0.762. The van der Waals surface area contributed by atoms with Crippen molar-refractivity contribution in [3.8, 4) is 0 Å². The van der Waals surface area contributed by atoms with Gasteiger partial charge in [-0.05, 0) is 48.3 Å². The fourth-order valence-corrected chi connectivity index (χ4v) is 4.17. The quantitative estimate of drug-likeness (QED) is 0.836. The number of halogens is 1. The summed E-state index contributed by atoms with van der Waals surface area (Å²) >= 11 is 5.18. The van der Waals surface area contributed by atoms with Gasteiger partial charge in [0, 0.05) is 24.5 Å². The lowest BCUT2D eigenvalue weighted by Gasteiger charge is -2.32. The summed E-state index contributed by atoms with van der Waals surface area (Å²) in [7, 11) is 0. The van der Waals surface area contributed by atoms with E-state index in [4.69, 9.17) is 0 Å². The summed E-state index contributed by atoms with van der Waals surface area (Å²) in [6.07, 6.45) is 5.50. The van der Waals surface area contributed by atoms with Gasteiger partial charge in [0.1, 0.15) is 4.60 Å². The van der Waals surface area contributed by atoms with Crippen LogP contribution in [0.25, 0.3) is 0 Å². The minimum Gasteiger partial charge on any atom is -0.346 e. The van der Waals surface area contributed by atoms with Crippen LogP contribution < -0.4 is 4.90 Å². The van der Waals surface area contributed by atoms with Gasteiger partial charge >= 0.3 is 0 Å². The summed E-state index contributed by atoms with van der Waals surface area (Å²) in [5.41, 5.74) is 0. The smallest absolute Gasteiger partial charge is 0.186 e. The van der Waals surface area contributed by atoms with E-state index >= 15 is 0 Å². The molecule has 0 saturated carbocycles. The van der Waals surface area contributed by atoms with Crippen molar-refractivity contribution in [2.45, 2.75) is 31.7 Å². The number of piperidine rings is 1. The fraction of sp³-hybridized carbons (Fsp3) is 0.750. The Kier molecular flexibility index (Phi) is 3.68. The lowest BCUT2D eigenvalue weighted by atomic mass is 10.1. The van der Waals surface area contributed by atoms with Crippen molar-refractivity contribution in [2.24, 2.45) is 0 Å². The van der Waals surface area contributed by atoms with E-state index in [1.807, 2.05) is 0 Å². The highest BCUT2D eigenvalue weighted by Crippen LogP contribution is 2.28. The number of hydrogen-bond acceptors (Lipinski definition) is 4. The molecule has 3 heterocycles. The summed E-state index contributed by atoms with van der Waals surface area (Å²) in [5.74, 6) is 0. The largest absolute Gasteiger partial charge is 0.346 e. The Hall–Kier alpha value is -0.130. The van der Waals surface area contributed by atoms with Gasteiger partial charge in [-0.2, -0.15) is 0 Å². The van der Waals surface area contributed by atoms with E-state index in [0.717, 1.165) is 10.6 Å². The van der Waals surface area contributed by atoms with Gasteiger partial charge in [0.25, 0.3) is 0 Å². The van der Waals surface area contributed by atoms with Gasteiger partial charge in [-0.1, -0.05) is 6.42 Å². The van der Waals surface area contributed by atoms with Crippen molar-refractivity contribution >= 4 is 32.4 Å². The molecule has 1 aromatic heterocycles. The second-order valence-electron chi connectivity index (χ2n) is 4.94. The van der Waals surface area contributed by atoms with Crippen LogP contribution in [-0.4, -0.2) is 42.1 Å². The molecule has 1 atom stereocenters. The maximum absolute atomic E-state index is 4.51. The van der Waals surface area contributed by atoms with Crippen molar-refractivity contribution < 1.29 is 0 Å². The van der Waals surface area contributed by atoms with E-state index in [0.29, 0.717) is 0 Å². The molecule has 1 unspecified atom stereocenters. The molecule has 2 fully saturated rings. The van der Waals surface area contributed by atoms with E-state index in [9.17, 15) is 0 Å². The fourth-order valence-electron chi connectivity index (χ4n) is 2.89. The third kappa shape index (κ3) is 2.66. The summed E-state index contributed by atoms with van der Waals surface area (Å²) in [6.45, 7) is 4.95. The van der Waals surface area contributed by atoms with Crippen molar-refractivity contribution in [1.29, 1.82) is 0 Å². The third-order valence-electron chi connectivity index (χ3n) is 3.80. The van der Waals surface area contributed by atoms with E-state index in [2.05, 4.69) is 36.1 Å². The highest BCUT2D eigenvalue weighted by atomic mass is 79.9. The van der Waals surface area contributed by atoms with Gasteiger partial charge < -0.3 is 4.90 Å². The first-order valence-electron chi connectivity index (χ1n) is 6.43. The number of rotatable bonds is 2. The molecule has 2 aliphatic rings. The maximum atomic E-state index is 4.51. The number of nitrogens with zero attached hydrogens (tertiary/aromatic N) is 3. The number of thiazole rings is 1. The molecule has 0 aromatic carbocycles. The van der Waals surface area contributed by atoms with E-state index in [1.54, 1.807) is 11.3 Å². The monoisotopic (exact) mass is 315 g/mol. The van der Waals surface area contributed by atoms with Gasteiger partial charge in [-0.25, -0.2) is 4.98 Å². The first kappa shape index (κ1) is 11.9. The summed E-state index contributed by atoms with van der Waals surface area (Å²) in [6, 6.07) is 0.762. The first-order valence-corrected chi connectivity index (χ1v) is 8.10. The molecule has 0 amide bonds. The molecule has 3 nitrogen and oxygen atoms in total.